The zero-order chi connectivity index (χ0) is 23.1. The molecule has 0 aliphatic carbocycles. The topological polar surface area (TPSA) is 120 Å². The van der Waals surface area contributed by atoms with Gasteiger partial charge in [-0.15, -0.1) is 0 Å². The first kappa shape index (κ1) is 22.5. The number of nitrogens with zero attached hydrogens (tertiary/aromatic N) is 1. The van der Waals surface area contributed by atoms with E-state index in [1.54, 1.807) is 68.6 Å². The standard InChI is InChI=1S/C24H24N4O4/c1-15(2)21(23(30)31)28-22(29)17-10-8-16(9-11-17)18-12-13-20(25-14-18)27-24(32)26-19-6-4-3-5-7-19/h3-15,21H,1-2H3,(H,28,29)(H,30,31)(H2,25,26,27,32)/t21-/m1/s1. The number of pyridine rings is 1. The van der Waals surface area contributed by atoms with Crippen LogP contribution in [0.1, 0.15) is 24.2 Å². The van der Waals surface area contributed by atoms with Crippen molar-refractivity contribution in [1.82, 2.24) is 10.3 Å². The van der Waals surface area contributed by atoms with Gasteiger partial charge in [0.05, 0.1) is 0 Å². The van der Waals surface area contributed by atoms with Gasteiger partial charge in [0.15, 0.2) is 0 Å². The second-order valence-electron chi connectivity index (χ2n) is 7.49. The third-order valence-electron chi connectivity index (χ3n) is 4.74. The van der Waals surface area contributed by atoms with E-state index in [1.807, 2.05) is 18.2 Å². The Morgan fingerprint density at radius 2 is 1.50 bits per heavy atom. The average molecular weight is 432 g/mol. The van der Waals surface area contributed by atoms with Crippen molar-refractivity contribution in [2.45, 2.75) is 19.9 Å². The molecule has 0 bridgehead atoms. The highest BCUT2D eigenvalue weighted by Crippen LogP contribution is 2.20. The first-order valence-electron chi connectivity index (χ1n) is 10.1. The number of aliphatic carboxylic acids is 1. The number of carboxylic acid groups (broad SMARTS) is 1. The lowest BCUT2D eigenvalue weighted by molar-refractivity contribution is -0.140. The van der Waals surface area contributed by atoms with Crippen molar-refractivity contribution in [3.8, 4) is 11.1 Å². The Morgan fingerprint density at radius 1 is 0.844 bits per heavy atom. The molecule has 0 aliphatic heterocycles. The normalized spacial score (nSPS) is 11.5. The number of anilines is 2. The molecule has 3 amide bonds. The molecular formula is C24H24N4O4. The highest BCUT2D eigenvalue weighted by atomic mass is 16.4. The Bertz CT molecular complexity index is 1080. The monoisotopic (exact) mass is 432 g/mol. The molecule has 0 radical (unpaired) electrons. The smallest absolute Gasteiger partial charge is 0.326 e. The number of para-hydroxylation sites is 1. The van der Waals surface area contributed by atoms with Gasteiger partial charge in [-0.25, -0.2) is 14.6 Å². The Balaban J connectivity index is 1.62. The first-order valence-corrected chi connectivity index (χ1v) is 10.1. The Labute approximate surface area is 185 Å². The fourth-order valence-electron chi connectivity index (χ4n) is 2.99. The van der Waals surface area contributed by atoms with Crippen LogP contribution in [0.5, 0.6) is 0 Å². The second-order valence-corrected chi connectivity index (χ2v) is 7.49. The van der Waals surface area contributed by atoms with Crippen LogP contribution in [0.2, 0.25) is 0 Å². The summed E-state index contributed by atoms with van der Waals surface area (Å²) in [6.07, 6.45) is 1.62. The molecule has 0 saturated carbocycles. The minimum atomic E-state index is -1.07. The lowest BCUT2D eigenvalue weighted by atomic mass is 10.0. The SMILES string of the molecule is CC(C)[C@@H](NC(=O)c1ccc(-c2ccc(NC(=O)Nc3ccccc3)nc2)cc1)C(=O)O. The van der Waals surface area contributed by atoms with E-state index in [1.165, 1.54) is 0 Å². The average Bonchev–Trinajstić information content (AvgIpc) is 2.78. The molecule has 164 valence electrons. The predicted molar refractivity (Wildman–Crippen MR) is 122 cm³/mol. The summed E-state index contributed by atoms with van der Waals surface area (Å²) < 4.78 is 0. The van der Waals surface area contributed by atoms with Gasteiger partial charge in [-0.1, -0.05) is 44.2 Å². The third-order valence-corrected chi connectivity index (χ3v) is 4.74. The zero-order valence-corrected chi connectivity index (χ0v) is 17.7. The van der Waals surface area contributed by atoms with Crippen molar-refractivity contribution in [3.05, 3.63) is 78.5 Å². The predicted octanol–water partition coefficient (Wildman–Crippen LogP) is 4.23. The maximum Gasteiger partial charge on any atom is 0.326 e. The summed E-state index contributed by atoms with van der Waals surface area (Å²) in [4.78, 5) is 40.0. The highest BCUT2D eigenvalue weighted by molar-refractivity contribution is 5.99. The van der Waals surface area contributed by atoms with E-state index in [-0.39, 0.29) is 5.92 Å². The van der Waals surface area contributed by atoms with Crippen LogP contribution < -0.4 is 16.0 Å². The van der Waals surface area contributed by atoms with Crippen LogP contribution in [0, 0.1) is 5.92 Å². The number of amides is 3. The molecule has 0 saturated heterocycles. The quantitative estimate of drug-likeness (QED) is 0.445. The van der Waals surface area contributed by atoms with Crippen molar-refractivity contribution in [2.75, 3.05) is 10.6 Å². The number of urea groups is 1. The maximum atomic E-state index is 12.4. The van der Waals surface area contributed by atoms with E-state index >= 15 is 0 Å². The number of carbonyl (C=O) groups is 3. The van der Waals surface area contributed by atoms with Crippen LogP contribution in [-0.2, 0) is 4.79 Å². The van der Waals surface area contributed by atoms with Crippen molar-refractivity contribution < 1.29 is 19.5 Å². The van der Waals surface area contributed by atoms with Gasteiger partial charge >= 0.3 is 12.0 Å². The lowest BCUT2D eigenvalue weighted by Gasteiger charge is -2.18. The molecule has 0 spiro atoms. The molecule has 0 fully saturated rings. The van der Waals surface area contributed by atoms with Crippen LogP contribution in [0.3, 0.4) is 0 Å². The summed E-state index contributed by atoms with van der Waals surface area (Å²) in [7, 11) is 0. The number of carbonyl (C=O) groups excluding carboxylic acids is 2. The molecule has 1 heterocycles. The Kier molecular flexibility index (Phi) is 7.17. The number of nitrogens with one attached hydrogen (secondary N) is 3. The van der Waals surface area contributed by atoms with Crippen LogP contribution in [-0.4, -0.2) is 34.0 Å². The molecule has 32 heavy (non-hydrogen) atoms. The van der Waals surface area contributed by atoms with Gasteiger partial charge in [0.1, 0.15) is 11.9 Å². The molecule has 8 nitrogen and oxygen atoms in total. The van der Waals surface area contributed by atoms with Crippen LogP contribution in [0.4, 0.5) is 16.3 Å². The van der Waals surface area contributed by atoms with Crippen molar-refractivity contribution in [3.63, 3.8) is 0 Å². The Morgan fingerprint density at radius 3 is 2.06 bits per heavy atom. The van der Waals surface area contributed by atoms with E-state index < -0.39 is 23.9 Å². The summed E-state index contributed by atoms with van der Waals surface area (Å²) in [6.45, 7) is 3.47. The first-order chi connectivity index (χ1) is 15.3. The highest BCUT2D eigenvalue weighted by Gasteiger charge is 2.23. The van der Waals surface area contributed by atoms with E-state index in [2.05, 4.69) is 20.9 Å². The van der Waals surface area contributed by atoms with Crippen LogP contribution >= 0.6 is 0 Å². The maximum absolute atomic E-state index is 12.4. The fourth-order valence-corrected chi connectivity index (χ4v) is 2.99. The molecule has 4 N–H and O–H groups in total. The second kappa shape index (κ2) is 10.2. The molecule has 3 aromatic rings. The summed E-state index contributed by atoms with van der Waals surface area (Å²) >= 11 is 0. The number of aromatic nitrogens is 1. The van der Waals surface area contributed by atoms with Gasteiger partial charge < -0.3 is 15.7 Å². The molecule has 1 atom stereocenters. The van der Waals surface area contributed by atoms with E-state index in [9.17, 15) is 19.5 Å². The van der Waals surface area contributed by atoms with Crippen molar-refractivity contribution >= 4 is 29.4 Å². The molecular weight excluding hydrogens is 408 g/mol. The summed E-state index contributed by atoms with van der Waals surface area (Å²) in [5.41, 5.74) is 2.67. The van der Waals surface area contributed by atoms with E-state index in [0.29, 0.717) is 17.1 Å². The van der Waals surface area contributed by atoms with Crippen molar-refractivity contribution in [2.24, 2.45) is 5.92 Å². The fraction of sp³-hybridized carbons (Fsp3) is 0.167. The molecule has 1 aromatic heterocycles. The van der Waals surface area contributed by atoms with Gasteiger partial charge in [-0.05, 0) is 47.9 Å². The number of benzene rings is 2. The molecule has 8 heteroatoms. The molecule has 3 rings (SSSR count). The number of rotatable bonds is 7. The van der Waals surface area contributed by atoms with Crippen LogP contribution in [0.15, 0.2) is 72.9 Å². The van der Waals surface area contributed by atoms with Gasteiger partial charge in [0, 0.05) is 23.0 Å². The lowest BCUT2D eigenvalue weighted by Crippen LogP contribution is -2.44. The minimum absolute atomic E-state index is 0.233. The Hall–Kier alpha value is -4.20. The number of hydrogen-bond acceptors (Lipinski definition) is 4. The van der Waals surface area contributed by atoms with Gasteiger partial charge in [0.2, 0.25) is 0 Å². The number of carboxylic acids is 1. The zero-order valence-electron chi connectivity index (χ0n) is 17.7. The van der Waals surface area contributed by atoms with Gasteiger partial charge in [-0.3, -0.25) is 10.1 Å². The van der Waals surface area contributed by atoms with Gasteiger partial charge in [0.25, 0.3) is 5.91 Å². The molecule has 0 aliphatic rings. The summed E-state index contributed by atoms with van der Waals surface area (Å²) in [5, 5.41) is 17.2. The van der Waals surface area contributed by atoms with Crippen LogP contribution in [0.25, 0.3) is 11.1 Å². The largest absolute Gasteiger partial charge is 0.480 e. The van der Waals surface area contributed by atoms with E-state index in [0.717, 1.165) is 11.1 Å². The van der Waals surface area contributed by atoms with E-state index in [4.69, 9.17) is 0 Å². The molecule has 2 aromatic carbocycles. The minimum Gasteiger partial charge on any atom is -0.480 e. The summed E-state index contributed by atoms with van der Waals surface area (Å²) in [6, 6.07) is 18.0. The number of hydrogen-bond donors (Lipinski definition) is 4. The third kappa shape index (κ3) is 5.91. The van der Waals surface area contributed by atoms with Gasteiger partial charge in [-0.2, -0.15) is 0 Å². The summed E-state index contributed by atoms with van der Waals surface area (Å²) in [5.74, 6) is -1.35. The molecule has 0 unspecified atom stereocenters. The van der Waals surface area contributed by atoms with Crippen molar-refractivity contribution in [1.29, 1.82) is 0 Å².